The summed E-state index contributed by atoms with van der Waals surface area (Å²) in [4.78, 5) is 4.15. The zero-order chi connectivity index (χ0) is 10.7. The molecule has 4 nitrogen and oxygen atoms in total. The lowest BCUT2D eigenvalue weighted by Crippen LogP contribution is -1.95. The van der Waals surface area contributed by atoms with Crippen LogP contribution in [0.1, 0.15) is 12.0 Å². The van der Waals surface area contributed by atoms with Gasteiger partial charge in [-0.3, -0.25) is 0 Å². The van der Waals surface area contributed by atoms with Gasteiger partial charge in [0.15, 0.2) is 5.65 Å². The maximum absolute atomic E-state index is 5.79. The second-order valence-electron chi connectivity index (χ2n) is 2.92. The van der Waals surface area contributed by atoms with Crippen molar-refractivity contribution in [3.8, 4) is 11.8 Å². The third kappa shape index (κ3) is 2.09. The number of hydrogen-bond donors (Lipinski definition) is 1. The van der Waals surface area contributed by atoms with Crippen molar-refractivity contribution in [1.29, 1.82) is 0 Å². The van der Waals surface area contributed by atoms with E-state index in [1.165, 1.54) is 0 Å². The van der Waals surface area contributed by atoms with Crippen molar-refractivity contribution in [1.82, 2.24) is 14.6 Å². The molecule has 0 atom stereocenters. The van der Waals surface area contributed by atoms with Gasteiger partial charge in [-0.1, -0.05) is 23.4 Å². The van der Waals surface area contributed by atoms with Gasteiger partial charge in [-0.05, 0) is 6.07 Å². The smallest absolute Gasteiger partial charge is 0.172 e. The molecule has 2 N–H and O–H groups in total. The highest BCUT2D eigenvalue weighted by Gasteiger charge is 2.02. The van der Waals surface area contributed by atoms with Gasteiger partial charge in [0.1, 0.15) is 5.15 Å². The summed E-state index contributed by atoms with van der Waals surface area (Å²) in [5, 5.41) is 4.54. The van der Waals surface area contributed by atoms with Gasteiger partial charge in [0.25, 0.3) is 0 Å². The second kappa shape index (κ2) is 4.30. The first-order valence-corrected chi connectivity index (χ1v) is 4.88. The third-order valence-corrected chi connectivity index (χ3v) is 2.04. The molecule has 0 saturated heterocycles. The number of nitrogens with two attached hydrogens (primary N) is 1. The zero-order valence-corrected chi connectivity index (χ0v) is 8.70. The Labute approximate surface area is 92.1 Å². The maximum atomic E-state index is 5.79. The summed E-state index contributed by atoms with van der Waals surface area (Å²) >= 11 is 5.79. The molecule has 0 unspecified atom stereocenters. The summed E-state index contributed by atoms with van der Waals surface area (Å²) in [5.41, 5.74) is 6.79. The monoisotopic (exact) mass is 220 g/mol. The fourth-order valence-electron chi connectivity index (χ4n) is 1.16. The van der Waals surface area contributed by atoms with Crippen LogP contribution in [-0.2, 0) is 0 Å². The molecule has 2 rings (SSSR count). The van der Waals surface area contributed by atoms with Crippen LogP contribution < -0.4 is 5.73 Å². The fourth-order valence-corrected chi connectivity index (χ4v) is 1.30. The van der Waals surface area contributed by atoms with Crippen LogP contribution >= 0.6 is 11.6 Å². The summed E-state index contributed by atoms with van der Waals surface area (Å²) in [6.07, 6.45) is 4.08. The summed E-state index contributed by atoms with van der Waals surface area (Å²) in [6, 6.07) is 1.68. The Balaban J connectivity index is 2.45. The van der Waals surface area contributed by atoms with Crippen LogP contribution in [0.3, 0.4) is 0 Å². The van der Waals surface area contributed by atoms with E-state index in [4.69, 9.17) is 17.3 Å². The van der Waals surface area contributed by atoms with Gasteiger partial charge in [0, 0.05) is 19.2 Å². The Morgan fingerprint density at radius 1 is 1.53 bits per heavy atom. The molecule has 0 aliphatic carbocycles. The van der Waals surface area contributed by atoms with E-state index in [-0.39, 0.29) is 0 Å². The molecule has 5 heteroatoms. The average molecular weight is 221 g/mol. The fraction of sp³-hybridized carbons (Fsp3) is 0.200. The summed E-state index contributed by atoms with van der Waals surface area (Å²) in [5.74, 6) is 5.90. The van der Waals surface area contributed by atoms with E-state index in [0.29, 0.717) is 23.8 Å². The quantitative estimate of drug-likeness (QED) is 0.578. The van der Waals surface area contributed by atoms with E-state index >= 15 is 0 Å². The van der Waals surface area contributed by atoms with Gasteiger partial charge >= 0.3 is 0 Å². The van der Waals surface area contributed by atoms with Gasteiger partial charge in [-0.25, -0.2) is 9.50 Å². The average Bonchev–Trinajstić information content (AvgIpc) is 2.62. The normalized spacial score (nSPS) is 10.0. The molecule has 0 aromatic carbocycles. The topological polar surface area (TPSA) is 56.2 Å². The highest BCUT2D eigenvalue weighted by atomic mass is 35.5. The van der Waals surface area contributed by atoms with Gasteiger partial charge in [0.2, 0.25) is 0 Å². The number of nitrogens with zero attached hydrogens (tertiary/aromatic N) is 3. The van der Waals surface area contributed by atoms with Crippen molar-refractivity contribution in [2.45, 2.75) is 6.42 Å². The maximum Gasteiger partial charge on any atom is 0.172 e. The van der Waals surface area contributed by atoms with Crippen molar-refractivity contribution in [2.24, 2.45) is 5.73 Å². The molecule has 0 saturated carbocycles. The van der Waals surface area contributed by atoms with Crippen molar-refractivity contribution in [3.05, 3.63) is 29.2 Å². The van der Waals surface area contributed by atoms with Crippen LogP contribution in [0.5, 0.6) is 0 Å². The number of fused-ring (bicyclic) bond motifs is 1. The Morgan fingerprint density at radius 2 is 2.40 bits per heavy atom. The third-order valence-electron chi connectivity index (χ3n) is 1.83. The van der Waals surface area contributed by atoms with Crippen molar-refractivity contribution in [3.63, 3.8) is 0 Å². The Kier molecular flexibility index (Phi) is 2.86. The molecule has 2 heterocycles. The van der Waals surface area contributed by atoms with Crippen molar-refractivity contribution < 1.29 is 0 Å². The number of rotatable bonds is 1. The molecule has 0 amide bonds. The van der Waals surface area contributed by atoms with Crippen LogP contribution in [0, 0.1) is 11.8 Å². The van der Waals surface area contributed by atoms with E-state index in [1.807, 2.05) is 0 Å². The van der Waals surface area contributed by atoms with Gasteiger partial charge in [-0.2, -0.15) is 5.10 Å². The van der Waals surface area contributed by atoms with Crippen molar-refractivity contribution in [2.75, 3.05) is 6.54 Å². The van der Waals surface area contributed by atoms with Gasteiger partial charge in [-0.15, -0.1) is 0 Å². The number of halogens is 1. The summed E-state index contributed by atoms with van der Waals surface area (Å²) in [6.45, 7) is 0.556. The molecule has 0 aliphatic heterocycles. The molecule has 15 heavy (non-hydrogen) atoms. The Morgan fingerprint density at radius 3 is 3.20 bits per heavy atom. The van der Waals surface area contributed by atoms with E-state index < -0.39 is 0 Å². The minimum atomic E-state index is 0.435. The first kappa shape index (κ1) is 9.97. The molecule has 0 fully saturated rings. The molecular formula is C10H9ClN4. The van der Waals surface area contributed by atoms with E-state index in [2.05, 4.69) is 21.9 Å². The lowest BCUT2D eigenvalue weighted by atomic mass is 10.3. The highest BCUT2D eigenvalue weighted by molar-refractivity contribution is 6.29. The summed E-state index contributed by atoms with van der Waals surface area (Å²) in [7, 11) is 0. The van der Waals surface area contributed by atoms with E-state index in [9.17, 15) is 0 Å². The zero-order valence-electron chi connectivity index (χ0n) is 7.94. The van der Waals surface area contributed by atoms with E-state index in [0.717, 1.165) is 5.56 Å². The summed E-state index contributed by atoms with van der Waals surface area (Å²) < 4.78 is 1.64. The molecule has 0 spiro atoms. The SMILES string of the molecule is NCCC#Cc1cnn2ccc(Cl)nc12. The predicted molar refractivity (Wildman–Crippen MR) is 58.5 cm³/mol. The molecule has 0 bridgehead atoms. The number of aromatic nitrogens is 3. The minimum Gasteiger partial charge on any atom is -0.330 e. The minimum absolute atomic E-state index is 0.435. The van der Waals surface area contributed by atoms with Crippen LogP contribution in [0.15, 0.2) is 18.5 Å². The van der Waals surface area contributed by atoms with E-state index in [1.54, 1.807) is 23.0 Å². The molecule has 76 valence electrons. The molecule has 0 radical (unpaired) electrons. The van der Waals surface area contributed by atoms with Gasteiger partial charge in [0.05, 0.1) is 11.8 Å². The second-order valence-corrected chi connectivity index (χ2v) is 3.30. The largest absolute Gasteiger partial charge is 0.330 e. The molecule has 2 aromatic heterocycles. The number of hydrogen-bond acceptors (Lipinski definition) is 3. The lowest BCUT2D eigenvalue weighted by molar-refractivity contribution is 0.939. The molecular weight excluding hydrogens is 212 g/mol. The molecule has 0 aliphatic rings. The Hall–Kier alpha value is -1.57. The Bertz CT molecular complexity index is 535. The lowest BCUT2D eigenvalue weighted by Gasteiger charge is -1.92. The van der Waals surface area contributed by atoms with Crippen LogP contribution in [0.25, 0.3) is 5.65 Å². The first-order valence-electron chi connectivity index (χ1n) is 4.50. The first-order chi connectivity index (χ1) is 7.31. The van der Waals surface area contributed by atoms with Crippen LogP contribution in [-0.4, -0.2) is 21.1 Å². The van der Waals surface area contributed by atoms with Crippen LogP contribution in [0.4, 0.5) is 0 Å². The van der Waals surface area contributed by atoms with Crippen molar-refractivity contribution >= 4 is 17.2 Å². The molecule has 2 aromatic rings. The van der Waals surface area contributed by atoms with Crippen LogP contribution in [0.2, 0.25) is 5.15 Å². The predicted octanol–water partition coefficient (Wildman–Crippen LogP) is 1.08. The van der Waals surface area contributed by atoms with Gasteiger partial charge < -0.3 is 5.73 Å². The standard InChI is InChI=1S/C10H9ClN4/c11-9-4-6-15-10(14-9)8(7-13-15)3-1-2-5-12/h4,6-7H,2,5,12H2. The highest BCUT2D eigenvalue weighted by Crippen LogP contribution is 2.10.